The number of nitrogens with zero attached hydrogens (tertiary/aromatic N) is 4. The summed E-state index contributed by atoms with van der Waals surface area (Å²) in [6.07, 6.45) is 0. The van der Waals surface area contributed by atoms with Crippen molar-refractivity contribution in [1.29, 1.82) is 0 Å². The zero-order valence-corrected chi connectivity index (χ0v) is 11.0. The third-order valence-corrected chi connectivity index (χ3v) is 4.65. The first-order valence-corrected chi connectivity index (χ1v) is 6.92. The molecule has 0 saturated heterocycles. The maximum Gasteiger partial charge on any atom is 0.325 e. The number of aromatic nitrogens is 5. The van der Waals surface area contributed by atoms with Crippen molar-refractivity contribution in [2.24, 2.45) is 0 Å². The molecule has 9 heteroatoms. The highest BCUT2D eigenvalue weighted by molar-refractivity contribution is 8.02. The molecule has 2 N–H and O–H groups in total. The Morgan fingerprint density at radius 3 is 2.95 bits per heavy atom. The molecule has 3 aromatic rings. The van der Waals surface area contributed by atoms with Crippen molar-refractivity contribution < 1.29 is 9.90 Å². The average molecular weight is 293 g/mol. The Morgan fingerprint density at radius 2 is 2.26 bits per heavy atom. The highest BCUT2D eigenvalue weighted by Gasteiger charge is 2.26. The standard InChI is InChI=1S/C10H7N5O2S2/c16-9(17)7(8-12-14-15-13-8)19-10-11-5-3-1-2-4-6(5)18-10/h1-4,7H,(H,16,17)(H,12,13,14,15). The maximum absolute atomic E-state index is 11.3. The van der Waals surface area contributed by atoms with Crippen LogP contribution < -0.4 is 0 Å². The van der Waals surface area contributed by atoms with Crippen molar-refractivity contribution in [3.63, 3.8) is 0 Å². The zero-order chi connectivity index (χ0) is 13.2. The van der Waals surface area contributed by atoms with Crippen molar-refractivity contribution in [3.8, 4) is 0 Å². The van der Waals surface area contributed by atoms with E-state index in [0.717, 1.165) is 22.0 Å². The van der Waals surface area contributed by atoms with Crippen molar-refractivity contribution in [2.45, 2.75) is 9.59 Å². The third kappa shape index (κ3) is 2.42. The smallest absolute Gasteiger partial charge is 0.325 e. The van der Waals surface area contributed by atoms with E-state index >= 15 is 0 Å². The van der Waals surface area contributed by atoms with E-state index in [1.54, 1.807) is 0 Å². The van der Waals surface area contributed by atoms with Crippen LogP contribution in [-0.4, -0.2) is 36.7 Å². The Bertz CT molecular complexity index is 679. The first-order valence-electron chi connectivity index (χ1n) is 5.22. The molecular formula is C10H7N5O2S2. The average Bonchev–Trinajstić information content (AvgIpc) is 3.04. The molecule has 0 fully saturated rings. The number of thiazole rings is 1. The van der Waals surface area contributed by atoms with Gasteiger partial charge >= 0.3 is 5.97 Å². The Morgan fingerprint density at radius 1 is 1.42 bits per heavy atom. The van der Waals surface area contributed by atoms with E-state index in [1.165, 1.54) is 11.3 Å². The van der Waals surface area contributed by atoms with E-state index in [2.05, 4.69) is 25.6 Å². The summed E-state index contributed by atoms with van der Waals surface area (Å²) < 4.78 is 1.69. The van der Waals surface area contributed by atoms with Crippen LogP contribution in [-0.2, 0) is 4.79 Å². The number of aliphatic carboxylic acids is 1. The molecule has 7 nitrogen and oxygen atoms in total. The lowest BCUT2D eigenvalue weighted by molar-refractivity contribution is -0.136. The SMILES string of the molecule is O=C(O)C(Sc1nc2ccccc2s1)c1nnn[nH]1. The second kappa shape index (κ2) is 4.94. The molecule has 1 unspecified atom stereocenters. The molecule has 0 spiro atoms. The predicted octanol–water partition coefficient (Wildman–Crippen LogP) is 1.73. The van der Waals surface area contributed by atoms with Gasteiger partial charge in [0.1, 0.15) is 0 Å². The van der Waals surface area contributed by atoms with Gasteiger partial charge in [0.15, 0.2) is 15.4 Å². The van der Waals surface area contributed by atoms with Crippen molar-refractivity contribution >= 4 is 39.3 Å². The first-order chi connectivity index (χ1) is 9.24. The van der Waals surface area contributed by atoms with E-state index in [0.29, 0.717) is 4.34 Å². The van der Waals surface area contributed by atoms with Crippen LogP contribution in [0.1, 0.15) is 11.1 Å². The monoisotopic (exact) mass is 293 g/mol. The van der Waals surface area contributed by atoms with Crippen LogP contribution in [0, 0.1) is 0 Å². The minimum Gasteiger partial charge on any atom is -0.480 e. The van der Waals surface area contributed by atoms with Crippen molar-refractivity contribution in [2.75, 3.05) is 0 Å². The highest BCUT2D eigenvalue weighted by Crippen LogP contribution is 2.37. The molecule has 1 atom stereocenters. The number of carboxylic acids is 1. The molecule has 2 aromatic heterocycles. The second-order valence-corrected chi connectivity index (χ2v) is 5.95. The largest absolute Gasteiger partial charge is 0.480 e. The number of rotatable bonds is 4. The van der Waals surface area contributed by atoms with E-state index in [1.807, 2.05) is 24.3 Å². The number of benzene rings is 1. The quantitative estimate of drug-likeness (QED) is 0.706. The number of carbonyl (C=O) groups is 1. The number of aromatic amines is 1. The molecular weight excluding hydrogens is 286 g/mol. The minimum absolute atomic E-state index is 0.205. The van der Waals surface area contributed by atoms with Gasteiger partial charge in [0, 0.05) is 0 Å². The zero-order valence-electron chi connectivity index (χ0n) is 9.35. The Labute approximate surface area is 115 Å². The predicted molar refractivity (Wildman–Crippen MR) is 70.0 cm³/mol. The number of tetrazole rings is 1. The summed E-state index contributed by atoms with van der Waals surface area (Å²) in [7, 11) is 0. The molecule has 0 radical (unpaired) electrons. The molecule has 1 aromatic carbocycles. The van der Waals surface area contributed by atoms with E-state index in [4.69, 9.17) is 0 Å². The first kappa shape index (κ1) is 12.1. The van der Waals surface area contributed by atoms with Gasteiger partial charge in [-0.25, -0.2) is 10.1 Å². The molecule has 0 saturated carbocycles. The van der Waals surface area contributed by atoms with E-state index < -0.39 is 11.2 Å². The lowest BCUT2D eigenvalue weighted by Crippen LogP contribution is -2.09. The number of para-hydroxylation sites is 1. The van der Waals surface area contributed by atoms with Gasteiger partial charge in [0.05, 0.1) is 10.2 Å². The molecule has 3 rings (SSSR count). The van der Waals surface area contributed by atoms with Gasteiger partial charge in [0.25, 0.3) is 0 Å². The van der Waals surface area contributed by atoms with Crippen LogP contribution in [0.15, 0.2) is 28.6 Å². The number of thioether (sulfide) groups is 1. The molecule has 2 heterocycles. The summed E-state index contributed by atoms with van der Waals surface area (Å²) in [6, 6.07) is 7.65. The third-order valence-electron chi connectivity index (χ3n) is 2.33. The number of H-pyrrole nitrogens is 1. The lowest BCUT2D eigenvalue weighted by atomic mass is 10.3. The Kier molecular flexibility index (Phi) is 3.13. The minimum atomic E-state index is -1.01. The summed E-state index contributed by atoms with van der Waals surface area (Å²) in [5, 5.41) is 21.2. The topological polar surface area (TPSA) is 105 Å². The maximum atomic E-state index is 11.3. The number of hydrogen-bond donors (Lipinski definition) is 2. The van der Waals surface area contributed by atoms with Crippen LogP contribution >= 0.6 is 23.1 Å². The van der Waals surface area contributed by atoms with Crippen LogP contribution in [0.25, 0.3) is 10.2 Å². The fraction of sp³-hybridized carbons (Fsp3) is 0.100. The Hall–Kier alpha value is -2.00. The number of carboxylic acid groups (broad SMARTS) is 1. The molecule has 96 valence electrons. The van der Waals surface area contributed by atoms with Crippen LogP contribution in [0.3, 0.4) is 0 Å². The van der Waals surface area contributed by atoms with Crippen LogP contribution in [0.4, 0.5) is 0 Å². The van der Waals surface area contributed by atoms with Crippen LogP contribution in [0.2, 0.25) is 0 Å². The van der Waals surface area contributed by atoms with Gasteiger partial charge in [-0.15, -0.1) is 16.4 Å². The summed E-state index contributed by atoms with van der Waals surface area (Å²) in [6.45, 7) is 0. The molecule has 0 aliphatic heterocycles. The van der Waals surface area contributed by atoms with Gasteiger partial charge in [-0.1, -0.05) is 23.9 Å². The van der Waals surface area contributed by atoms with Gasteiger partial charge in [-0.05, 0) is 22.6 Å². The van der Waals surface area contributed by atoms with Crippen LogP contribution in [0.5, 0.6) is 0 Å². The molecule has 19 heavy (non-hydrogen) atoms. The molecule has 0 bridgehead atoms. The summed E-state index contributed by atoms with van der Waals surface area (Å²) >= 11 is 2.56. The van der Waals surface area contributed by atoms with E-state index in [9.17, 15) is 9.90 Å². The normalized spacial score (nSPS) is 12.6. The fourth-order valence-electron chi connectivity index (χ4n) is 1.50. The second-order valence-electron chi connectivity index (χ2n) is 3.57. The highest BCUT2D eigenvalue weighted by atomic mass is 32.2. The molecule has 0 aliphatic carbocycles. The van der Waals surface area contributed by atoms with E-state index in [-0.39, 0.29) is 5.82 Å². The summed E-state index contributed by atoms with van der Waals surface area (Å²) in [5.74, 6) is -0.806. The number of hydrogen-bond acceptors (Lipinski definition) is 7. The van der Waals surface area contributed by atoms with Gasteiger partial charge in [-0.2, -0.15) is 0 Å². The number of nitrogens with one attached hydrogen (secondary N) is 1. The summed E-state index contributed by atoms with van der Waals surface area (Å²) in [4.78, 5) is 15.6. The fourth-order valence-corrected chi connectivity index (χ4v) is 3.62. The van der Waals surface area contributed by atoms with Gasteiger partial charge in [0.2, 0.25) is 0 Å². The molecule has 0 amide bonds. The van der Waals surface area contributed by atoms with Gasteiger partial charge in [-0.3, -0.25) is 4.79 Å². The van der Waals surface area contributed by atoms with Gasteiger partial charge < -0.3 is 5.11 Å². The van der Waals surface area contributed by atoms with Crippen molar-refractivity contribution in [1.82, 2.24) is 25.6 Å². The lowest BCUT2D eigenvalue weighted by Gasteiger charge is -2.04. The molecule has 0 aliphatic rings. The summed E-state index contributed by atoms with van der Waals surface area (Å²) in [5.41, 5.74) is 0.856. The van der Waals surface area contributed by atoms with Crippen molar-refractivity contribution in [3.05, 3.63) is 30.1 Å². The number of fused-ring (bicyclic) bond motifs is 1. The Balaban J connectivity index is 1.91.